The quantitative estimate of drug-likeness (QED) is 0.513. The van der Waals surface area contributed by atoms with E-state index in [0.717, 1.165) is 15.4 Å². The van der Waals surface area contributed by atoms with Crippen LogP contribution in [-0.2, 0) is 14.8 Å². The molecule has 3 aromatic rings. The number of ether oxygens (including phenoxy) is 1. The molecule has 0 radical (unpaired) electrons. The molecule has 0 aliphatic carbocycles. The molecule has 3 aromatic carbocycles. The maximum Gasteiger partial charge on any atom is 0.271 e. The van der Waals surface area contributed by atoms with Crippen LogP contribution in [0.5, 0.6) is 5.75 Å². The Hall–Kier alpha value is -3.38. The highest BCUT2D eigenvalue weighted by Gasteiger charge is 2.29. The molecule has 0 aliphatic rings. The second-order valence-corrected chi connectivity index (χ2v) is 8.38. The van der Waals surface area contributed by atoms with E-state index in [-0.39, 0.29) is 10.6 Å². The summed E-state index contributed by atoms with van der Waals surface area (Å²) in [4.78, 5) is 13.1. The van der Waals surface area contributed by atoms with Gasteiger partial charge in [-0.2, -0.15) is 4.31 Å². The summed E-state index contributed by atoms with van der Waals surface area (Å²) in [5, 5.41) is 0. The molecule has 6 heteroatoms. The van der Waals surface area contributed by atoms with Gasteiger partial charge in [-0.15, -0.1) is 0 Å². The van der Waals surface area contributed by atoms with Crippen LogP contribution in [0.3, 0.4) is 0 Å². The van der Waals surface area contributed by atoms with Crippen molar-refractivity contribution in [3.05, 3.63) is 96.1 Å². The summed E-state index contributed by atoms with van der Waals surface area (Å²) in [6.07, 6.45) is 2.85. The summed E-state index contributed by atoms with van der Waals surface area (Å²) in [5.41, 5.74) is 1.96. The Morgan fingerprint density at radius 1 is 0.933 bits per heavy atom. The van der Waals surface area contributed by atoms with Crippen molar-refractivity contribution >= 4 is 27.7 Å². The average Bonchev–Trinajstić information content (AvgIpc) is 2.75. The minimum Gasteiger partial charge on any atom is -0.494 e. The fourth-order valence-electron chi connectivity index (χ4n) is 2.84. The topological polar surface area (TPSA) is 63.7 Å². The van der Waals surface area contributed by atoms with Crippen molar-refractivity contribution in [2.24, 2.45) is 0 Å². The molecule has 5 nitrogen and oxygen atoms in total. The molecular formula is C24H23NO4S. The monoisotopic (exact) mass is 421 g/mol. The molecule has 154 valence electrons. The molecule has 0 saturated heterocycles. The van der Waals surface area contributed by atoms with Gasteiger partial charge in [0.05, 0.1) is 17.2 Å². The third kappa shape index (κ3) is 4.96. The fraction of sp³-hybridized carbons (Fsp3) is 0.125. The standard InChI is InChI=1S/C24H23NO4S/c1-3-29-22-14-12-21(13-15-22)25(24(26)18-11-20-7-5-4-6-8-20)30(27,28)23-16-9-19(2)10-17-23/h4-18H,3H2,1-2H3/b18-11+. The Bertz CT molecular complexity index is 1120. The number of benzene rings is 3. The highest BCUT2D eigenvalue weighted by molar-refractivity contribution is 7.93. The van der Waals surface area contributed by atoms with Gasteiger partial charge in [-0.05, 0) is 61.9 Å². The Balaban J connectivity index is 2.02. The first kappa shape index (κ1) is 21.3. The van der Waals surface area contributed by atoms with E-state index in [9.17, 15) is 13.2 Å². The summed E-state index contributed by atoms with van der Waals surface area (Å²) >= 11 is 0. The first-order valence-electron chi connectivity index (χ1n) is 9.54. The number of sulfonamides is 1. The van der Waals surface area contributed by atoms with Gasteiger partial charge in [-0.3, -0.25) is 4.79 Å². The lowest BCUT2D eigenvalue weighted by Crippen LogP contribution is -2.35. The number of hydrogen-bond donors (Lipinski definition) is 0. The number of hydrogen-bond acceptors (Lipinski definition) is 4. The molecule has 30 heavy (non-hydrogen) atoms. The van der Waals surface area contributed by atoms with E-state index in [2.05, 4.69) is 0 Å². The summed E-state index contributed by atoms with van der Waals surface area (Å²) in [7, 11) is -4.11. The number of nitrogens with zero attached hydrogens (tertiary/aromatic N) is 1. The zero-order chi connectivity index (χ0) is 21.6. The minimum atomic E-state index is -4.11. The van der Waals surface area contributed by atoms with Crippen molar-refractivity contribution in [1.29, 1.82) is 0 Å². The molecule has 0 N–H and O–H groups in total. The molecule has 3 rings (SSSR count). The van der Waals surface area contributed by atoms with Crippen molar-refractivity contribution in [2.75, 3.05) is 10.9 Å². The van der Waals surface area contributed by atoms with Crippen molar-refractivity contribution in [3.8, 4) is 5.75 Å². The van der Waals surface area contributed by atoms with Gasteiger partial charge < -0.3 is 4.74 Å². The predicted octanol–water partition coefficient (Wildman–Crippen LogP) is 4.83. The maximum atomic E-state index is 13.3. The molecule has 0 unspecified atom stereocenters. The van der Waals surface area contributed by atoms with Gasteiger partial charge in [-0.1, -0.05) is 48.0 Å². The van der Waals surface area contributed by atoms with Gasteiger partial charge in [0, 0.05) is 6.08 Å². The largest absolute Gasteiger partial charge is 0.494 e. The number of anilines is 1. The number of carbonyl (C=O) groups excluding carboxylic acids is 1. The second kappa shape index (κ2) is 9.41. The van der Waals surface area contributed by atoms with Crippen LogP contribution in [-0.4, -0.2) is 20.9 Å². The van der Waals surface area contributed by atoms with Crippen LogP contribution >= 0.6 is 0 Å². The molecule has 1 amide bonds. The third-order valence-corrected chi connectivity index (χ3v) is 6.10. The number of rotatable bonds is 7. The number of aryl methyl sites for hydroxylation is 1. The van der Waals surface area contributed by atoms with Crippen LogP contribution in [0.4, 0.5) is 5.69 Å². The van der Waals surface area contributed by atoms with Crippen molar-refractivity contribution < 1.29 is 17.9 Å². The lowest BCUT2D eigenvalue weighted by atomic mass is 10.2. The smallest absolute Gasteiger partial charge is 0.271 e. The van der Waals surface area contributed by atoms with E-state index >= 15 is 0 Å². The van der Waals surface area contributed by atoms with Crippen molar-refractivity contribution in [2.45, 2.75) is 18.7 Å². The van der Waals surface area contributed by atoms with Gasteiger partial charge in [0.15, 0.2) is 0 Å². The van der Waals surface area contributed by atoms with Crippen LogP contribution in [0.25, 0.3) is 6.08 Å². The van der Waals surface area contributed by atoms with E-state index in [1.54, 1.807) is 42.5 Å². The molecular weight excluding hydrogens is 398 g/mol. The molecule has 0 heterocycles. The molecule has 0 aromatic heterocycles. The SMILES string of the molecule is CCOc1ccc(N(C(=O)/C=C/c2ccccc2)S(=O)(=O)c2ccc(C)cc2)cc1. The summed E-state index contributed by atoms with van der Waals surface area (Å²) < 4.78 is 32.9. The molecule has 0 aliphatic heterocycles. The number of amides is 1. The van der Waals surface area contributed by atoms with E-state index in [0.29, 0.717) is 12.4 Å². The van der Waals surface area contributed by atoms with Gasteiger partial charge in [0.1, 0.15) is 5.75 Å². The van der Waals surface area contributed by atoms with Crippen molar-refractivity contribution in [1.82, 2.24) is 0 Å². The highest BCUT2D eigenvalue weighted by Crippen LogP contribution is 2.27. The highest BCUT2D eigenvalue weighted by atomic mass is 32.2. The van der Waals surface area contributed by atoms with Crippen LogP contribution in [0.2, 0.25) is 0 Å². The van der Waals surface area contributed by atoms with Gasteiger partial charge >= 0.3 is 0 Å². The molecule has 0 fully saturated rings. The van der Waals surface area contributed by atoms with Gasteiger partial charge in [-0.25, -0.2) is 8.42 Å². The first-order valence-corrected chi connectivity index (χ1v) is 11.0. The molecule has 0 bridgehead atoms. The van der Waals surface area contributed by atoms with E-state index in [4.69, 9.17) is 4.74 Å². The zero-order valence-electron chi connectivity index (χ0n) is 16.9. The Kier molecular flexibility index (Phi) is 6.69. The lowest BCUT2D eigenvalue weighted by molar-refractivity contribution is -0.113. The van der Waals surface area contributed by atoms with E-state index < -0.39 is 15.9 Å². The minimum absolute atomic E-state index is 0.0449. The Morgan fingerprint density at radius 2 is 1.57 bits per heavy atom. The van der Waals surface area contributed by atoms with Crippen molar-refractivity contribution in [3.63, 3.8) is 0 Å². The second-order valence-electron chi connectivity index (χ2n) is 6.59. The Labute approximate surface area is 177 Å². The van der Waals surface area contributed by atoms with Gasteiger partial charge in [0.2, 0.25) is 0 Å². The maximum absolute atomic E-state index is 13.3. The summed E-state index contributed by atoms with van der Waals surface area (Å²) in [6, 6.07) is 22.0. The van der Waals surface area contributed by atoms with Gasteiger partial charge in [0.25, 0.3) is 15.9 Å². The third-order valence-electron chi connectivity index (χ3n) is 4.36. The lowest BCUT2D eigenvalue weighted by Gasteiger charge is -2.22. The normalized spacial score (nSPS) is 11.4. The number of carbonyl (C=O) groups is 1. The van der Waals surface area contributed by atoms with E-state index in [1.807, 2.05) is 44.2 Å². The molecule has 0 saturated carbocycles. The van der Waals surface area contributed by atoms with Crippen LogP contribution in [0.15, 0.2) is 89.8 Å². The first-order chi connectivity index (χ1) is 14.4. The predicted molar refractivity (Wildman–Crippen MR) is 119 cm³/mol. The van der Waals surface area contributed by atoms with E-state index in [1.165, 1.54) is 18.2 Å². The van der Waals surface area contributed by atoms with Crippen LogP contribution in [0, 0.1) is 6.92 Å². The summed E-state index contributed by atoms with van der Waals surface area (Å²) in [6.45, 7) is 4.22. The average molecular weight is 422 g/mol. The zero-order valence-corrected chi connectivity index (χ0v) is 17.7. The molecule has 0 spiro atoms. The Morgan fingerprint density at radius 3 is 2.17 bits per heavy atom. The summed E-state index contributed by atoms with van der Waals surface area (Å²) in [5.74, 6) is -0.0650. The van der Waals surface area contributed by atoms with Crippen LogP contribution < -0.4 is 9.04 Å². The fourth-order valence-corrected chi connectivity index (χ4v) is 4.23. The van der Waals surface area contributed by atoms with Crippen LogP contribution in [0.1, 0.15) is 18.1 Å². The molecule has 0 atom stereocenters.